The molecule has 0 amide bonds. The predicted molar refractivity (Wildman–Crippen MR) is 47.3 cm³/mol. The Morgan fingerprint density at radius 3 is 2.36 bits per heavy atom. The zero-order valence-electron chi connectivity index (χ0n) is 6.20. The average Bonchev–Trinajstić information content (AvgIpc) is 2.04. The fourth-order valence-electron chi connectivity index (χ4n) is 0.765. The smallest absolute Gasteiger partial charge is 0.115 e. The molecule has 0 radical (unpaired) electrons. The van der Waals surface area contributed by atoms with Crippen molar-refractivity contribution in [1.82, 2.24) is 0 Å². The molecular weight excluding hydrogens is 136 g/mol. The zero-order chi connectivity index (χ0) is 8.10. The Bertz CT molecular complexity index is 257. The maximum atomic E-state index is 8.94. The summed E-state index contributed by atoms with van der Waals surface area (Å²) in [5.41, 5.74) is 1.06. The highest BCUT2D eigenvalue weighted by Crippen LogP contribution is 2.10. The molecule has 0 unspecified atom stereocenters. The number of allylic oxidation sites excluding steroid dienone is 2. The molecule has 1 heteroatoms. The molecule has 0 heterocycles. The first kappa shape index (κ1) is 7.61. The molecule has 0 atom stereocenters. The Kier molecular flexibility index (Phi) is 2.50. The summed E-state index contributed by atoms with van der Waals surface area (Å²) in [6.45, 7) is 3.56. The van der Waals surface area contributed by atoms with Crippen molar-refractivity contribution in [2.24, 2.45) is 0 Å². The minimum atomic E-state index is 0.292. The van der Waals surface area contributed by atoms with Crippen molar-refractivity contribution in [3.8, 4) is 5.75 Å². The number of aromatic hydroxyl groups is 1. The molecule has 0 saturated heterocycles. The van der Waals surface area contributed by atoms with Crippen molar-refractivity contribution < 1.29 is 5.11 Å². The topological polar surface area (TPSA) is 20.2 Å². The largest absolute Gasteiger partial charge is 0.508 e. The summed E-state index contributed by atoms with van der Waals surface area (Å²) in [6.07, 6.45) is 5.49. The van der Waals surface area contributed by atoms with Crippen LogP contribution in [0.2, 0.25) is 0 Å². The molecule has 1 aromatic carbocycles. The predicted octanol–water partition coefficient (Wildman–Crippen LogP) is 2.59. The van der Waals surface area contributed by atoms with Gasteiger partial charge in [-0.2, -0.15) is 0 Å². The van der Waals surface area contributed by atoms with Crippen molar-refractivity contribution >= 4 is 6.08 Å². The lowest BCUT2D eigenvalue weighted by molar-refractivity contribution is 0.475. The van der Waals surface area contributed by atoms with E-state index in [9.17, 15) is 0 Å². The van der Waals surface area contributed by atoms with Gasteiger partial charge in [0.2, 0.25) is 0 Å². The summed E-state index contributed by atoms with van der Waals surface area (Å²) >= 11 is 0. The summed E-state index contributed by atoms with van der Waals surface area (Å²) in [5.74, 6) is 0.292. The van der Waals surface area contributed by atoms with Gasteiger partial charge in [0.25, 0.3) is 0 Å². The number of rotatable bonds is 2. The maximum absolute atomic E-state index is 8.94. The van der Waals surface area contributed by atoms with Gasteiger partial charge in [-0.25, -0.2) is 0 Å². The Morgan fingerprint density at radius 1 is 1.18 bits per heavy atom. The van der Waals surface area contributed by atoms with Gasteiger partial charge in [0.15, 0.2) is 0 Å². The molecule has 1 rings (SSSR count). The molecule has 0 aliphatic carbocycles. The highest BCUT2D eigenvalue weighted by Gasteiger charge is 1.85. The quantitative estimate of drug-likeness (QED) is 0.636. The minimum Gasteiger partial charge on any atom is -0.508 e. The molecular formula is C10H10O. The van der Waals surface area contributed by atoms with E-state index in [0.717, 1.165) is 5.56 Å². The van der Waals surface area contributed by atoms with E-state index < -0.39 is 0 Å². The van der Waals surface area contributed by atoms with Crippen LogP contribution in [0.5, 0.6) is 5.75 Å². The average molecular weight is 146 g/mol. The van der Waals surface area contributed by atoms with E-state index in [4.69, 9.17) is 5.11 Å². The van der Waals surface area contributed by atoms with Crippen LogP contribution in [0.4, 0.5) is 0 Å². The van der Waals surface area contributed by atoms with Crippen LogP contribution >= 0.6 is 0 Å². The van der Waals surface area contributed by atoms with E-state index in [1.807, 2.05) is 24.3 Å². The lowest BCUT2D eigenvalue weighted by atomic mass is 10.2. The summed E-state index contributed by atoms with van der Waals surface area (Å²) in [4.78, 5) is 0. The van der Waals surface area contributed by atoms with Gasteiger partial charge in [-0.1, -0.05) is 36.9 Å². The molecule has 0 aliphatic rings. The molecule has 0 bridgehead atoms. The summed E-state index contributed by atoms with van der Waals surface area (Å²) in [7, 11) is 0. The van der Waals surface area contributed by atoms with E-state index in [0.29, 0.717) is 5.75 Å². The van der Waals surface area contributed by atoms with Crippen LogP contribution in [-0.4, -0.2) is 5.11 Å². The van der Waals surface area contributed by atoms with Gasteiger partial charge < -0.3 is 5.11 Å². The standard InChI is InChI=1S/C10H10O/c1-2-3-4-9-5-7-10(11)8-6-9/h2-8,11H,1H2. The normalized spacial score (nSPS) is 10.2. The Morgan fingerprint density at radius 2 is 1.82 bits per heavy atom. The van der Waals surface area contributed by atoms with Crippen LogP contribution < -0.4 is 0 Å². The molecule has 11 heavy (non-hydrogen) atoms. The first-order chi connectivity index (χ1) is 5.33. The maximum Gasteiger partial charge on any atom is 0.115 e. The van der Waals surface area contributed by atoms with Gasteiger partial charge in [0.05, 0.1) is 0 Å². The second-order valence-electron chi connectivity index (χ2n) is 2.19. The van der Waals surface area contributed by atoms with Crippen molar-refractivity contribution in [2.45, 2.75) is 0 Å². The van der Waals surface area contributed by atoms with Gasteiger partial charge in [-0.05, 0) is 17.7 Å². The third-order valence-corrected chi connectivity index (χ3v) is 1.32. The van der Waals surface area contributed by atoms with E-state index in [-0.39, 0.29) is 0 Å². The fourth-order valence-corrected chi connectivity index (χ4v) is 0.765. The molecule has 1 nitrogen and oxygen atoms in total. The van der Waals surface area contributed by atoms with E-state index in [2.05, 4.69) is 6.58 Å². The van der Waals surface area contributed by atoms with Crippen LogP contribution in [0.3, 0.4) is 0 Å². The molecule has 0 spiro atoms. The second kappa shape index (κ2) is 3.62. The highest BCUT2D eigenvalue weighted by molar-refractivity contribution is 5.51. The lowest BCUT2D eigenvalue weighted by Crippen LogP contribution is -1.68. The Labute approximate surface area is 66.3 Å². The van der Waals surface area contributed by atoms with E-state index in [1.54, 1.807) is 18.2 Å². The minimum absolute atomic E-state index is 0.292. The molecule has 0 saturated carbocycles. The van der Waals surface area contributed by atoms with Crippen LogP contribution in [0.25, 0.3) is 6.08 Å². The number of phenolic OH excluding ortho intramolecular Hbond substituents is 1. The fraction of sp³-hybridized carbons (Fsp3) is 0. The van der Waals surface area contributed by atoms with Crippen molar-refractivity contribution in [1.29, 1.82) is 0 Å². The summed E-state index contributed by atoms with van der Waals surface area (Å²) in [6, 6.07) is 7.00. The van der Waals surface area contributed by atoms with Gasteiger partial charge in [-0.15, -0.1) is 0 Å². The molecule has 0 fully saturated rings. The van der Waals surface area contributed by atoms with Crippen molar-refractivity contribution in [3.63, 3.8) is 0 Å². The Hall–Kier alpha value is -1.50. The third kappa shape index (κ3) is 2.30. The van der Waals surface area contributed by atoms with Gasteiger partial charge >= 0.3 is 0 Å². The van der Waals surface area contributed by atoms with Crippen LogP contribution in [0.1, 0.15) is 5.56 Å². The van der Waals surface area contributed by atoms with Gasteiger partial charge in [-0.3, -0.25) is 0 Å². The first-order valence-corrected chi connectivity index (χ1v) is 3.41. The second-order valence-corrected chi connectivity index (χ2v) is 2.19. The third-order valence-electron chi connectivity index (χ3n) is 1.32. The molecule has 0 aromatic heterocycles. The Balaban J connectivity index is 2.81. The monoisotopic (exact) mass is 146 g/mol. The number of hydrogen-bond acceptors (Lipinski definition) is 1. The molecule has 1 N–H and O–H groups in total. The first-order valence-electron chi connectivity index (χ1n) is 3.41. The van der Waals surface area contributed by atoms with Crippen LogP contribution in [0.15, 0.2) is 43.0 Å². The van der Waals surface area contributed by atoms with E-state index in [1.165, 1.54) is 0 Å². The lowest BCUT2D eigenvalue weighted by Gasteiger charge is -1.91. The molecule has 56 valence electrons. The number of benzene rings is 1. The van der Waals surface area contributed by atoms with Crippen LogP contribution in [-0.2, 0) is 0 Å². The van der Waals surface area contributed by atoms with Gasteiger partial charge in [0.1, 0.15) is 5.75 Å². The van der Waals surface area contributed by atoms with Crippen molar-refractivity contribution in [3.05, 3.63) is 48.6 Å². The number of phenols is 1. The highest BCUT2D eigenvalue weighted by atomic mass is 16.3. The molecule has 0 aliphatic heterocycles. The molecule has 1 aromatic rings. The summed E-state index contributed by atoms with van der Waals surface area (Å²) in [5, 5.41) is 8.94. The summed E-state index contributed by atoms with van der Waals surface area (Å²) < 4.78 is 0. The van der Waals surface area contributed by atoms with Gasteiger partial charge in [0, 0.05) is 0 Å². The van der Waals surface area contributed by atoms with Crippen molar-refractivity contribution in [2.75, 3.05) is 0 Å². The number of hydrogen-bond donors (Lipinski definition) is 1. The van der Waals surface area contributed by atoms with E-state index >= 15 is 0 Å². The van der Waals surface area contributed by atoms with Crippen LogP contribution in [0, 0.1) is 0 Å². The SMILES string of the molecule is C=CC=Cc1ccc(O)cc1. The zero-order valence-corrected chi connectivity index (χ0v) is 6.20.